The highest BCUT2D eigenvalue weighted by Gasteiger charge is 2.40. The van der Waals surface area contributed by atoms with Gasteiger partial charge in [-0.15, -0.1) is 0 Å². The van der Waals surface area contributed by atoms with Gasteiger partial charge in [-0.2, -0.15) is 4.31 Å². The first-order valence-corrected chi connectivity index (χ1v) is 18.0. The van der Waals surface area contributed by atoms with Crippen LogP contribution in [0.5, 0.6) is 0 Å². The second kappa shape index (κ2) is 15.4. The molecule has 2 aromatic carbocycles. The number of nitrogens with zero attached hydrogens (tertiary/aromatic N) is 1. The van der Waals surface area contributed by atoms with Gasteiger partial charge in [0.25, 0.3) is 0 Å². The number of ether oxygens (including phenoxy) is 2. The Bertz CT molecular complexity index is 1470. The van der Waals surface area contributed by atoms with Crippen molar-refractivity contribution in [3.8, 4) is 0 Å². The van der Waals surface area contributed by atoms with E-state index >= 15 is 4.39 Å². The van der Waals surface area contributed by atoms with E-state index < -0.39 is 39.8 Å². The molecule has 46 heavy (non-hydrogen) atoms. The number of sulfonamides is 1. The van der Waals surface area contributed by atoms with E-state index in [-0.39, 0.29) is 47.5 Å². The van der Waals surface area contributed by atoms with Gasteiger partial charge < -0.3 is 25.4 Å². The first-order chi connectivity index (χ1) is 22.1. The topological polar surface area (TPSA) is 126 Å². The number of hydrogen-bond acceptors (Lipinski definition) is 7. The predicted molar refractivity (Wildman–Crippen MR) is 175 cm³/mol. The van der Waals surface area contributed by atoms with E-state index in [2.05, 4.69) is 16.0 Å². The number of carbonyl (C=O) groups excluding carboxylic acids is 2. The average molecular weight is 679 g/mol. The fourth-order valence-electron chi connectivity index (χ4n) is 7.31. The van der Waals surface area contributed by atoms with E-state index in [0.717, 1.165) is 37.7 Å². The summed E-state index contributed by atoms with van der Waals surface area (Å²) in [7, 11) is -0.468. The predicted octanol–water partition coefficient (Wildman–Crippen LogP) is 4.83. The number of methoxy groups -OCH3 is 2. The molecule has 2 unspecified atom stereocenters. The lowest BCUT2D eigenvalue weighted by molar-refractivity contribution is -0.119. The largest absolute Gasteiger partial charge is 0.453 e. The van der Waals surface area contributed by atoms with Crippen molar-refractivity contribution in [1.82, 2.24) is 14.9 Å². The van der Waals surface area contributed by atoms with Crippen LogP contribution in [0.15, 0.2) is 42.5 Å². The maximum Gasteiger partial charge on any atom is 0.407 e. The Labute approximate surface area is 275 Å². The van der Waals surface area contributed by atoms with Gasteiger partial charge in [0.1, 0.15) is 11.9 Å². The summed E-state index contributed by atoms with van der Waals surface area (Å²) >= 11 is 6.21. The Kier molecular flexibility index (Phi) is 11.6. The zero-order valence-electron chi connectivity index (χ0n) is 26.3. The Morgan fingerprint density at radius 2 is 1.83 bits per heavy atom. The van der Waals surface area contributed by atoms with Crippen LogP contribution in [0.2, 0.25) is 5.02 Å². The van der Waals surface area contributed by atoms with Crippen molar-refractivity contribution in [2.45, 2.75) is 81.5 Å². The minimum Gasteiger partial charge on any atom is -0.453 e. The number of amides is 2. The van der Waals surface area contributed by atoms with E-state index in [0.29, 0.717) is 31.0 Å². The molecule has 2 aliphatic heterocycles. The van der Waals surface area contributed by atoms with Crippen molar-refractivity contribution in [1.29, 1.82) is 0 Å². The van der Waals surface area contributed by atoms with Gasteiger partial charge in [-0.25, -0.2) is 17.6 Å². The van der Waals surface area contributed by atoms with Crippen LogP contribution in [0.4, 0.5) is 14.9 Å². The molecule has 2 amide bonds. The highest BCUT2D eigenvalue weighted by atomic mass is 35.5. The summed E-state index contributed by atoms with van der Waals surface area (Å²) < 4.78 is 53.4. The molecule has 13 heteroatoms. The van der Waals surface area contributed by atoms with Crippen LogP contribution >= 0.6 is 11.6 Å². The molecule has 0 radical (unpaired) electrons. The molecule has 1 aliphatic carbocycles. The van der Waals surface area contributed by atoms with Gasteiger partial charge in [-0.1, -0.05) is 29.8 Å². The van der Waals surface area contributed by atoms with Crippen LogP contribution in [0, 0.1) is 11.7 Å². The highest BCUT2D eigenvalue weighted by Crippen LogP contribution is 2.40. The number of benzene rings is 2. The minimum atomic E-state index is -3.40. The molecule has 2 aromatic rings. The van der Waals surface area contributed by atoms with Crippen LogP contribution in [0.1, 0.15) is 62.0 Å². The van der Waals surface area contributed by atoms with Crippen LogP contribution in [-0.4, -0.2) is 82.0 Å². The summed E-state index contributed by atoms with van der Waals surface area (Å²) in [4.78, 5) is 26.8. The van der Waals surface area contributed by atoms with Crippen molar-refractivity contribution in [3.63, 3.8) is 0 Å². The number of hydrogen-bond donors (Lipinski definition) is 3. The first-order valence-electron chi connectivity index (χ1n) is 16.0. The molecule has 5 rings (SSSR count). The summed E-state index contributed by atoms with van der Waals surface area (Å²) in [6.45, 7) is 0.895. The number of nitrogens with one attached hydrogen (secondary N) is 3. The zero-order chi connectivity index (χ0) is 32.8. The van der Waals surface area contributed by atoms with E-state index in [1.54, 1.807) is 29.6 Å². The van der Waals surface area contributed by atoms with E-state index in [1.807, 2.05) is 12.1 Å². The van der Waals surface area contributed by atoms with Crippen LogP contribution in [-0.2, 0) is 30.7 Å². The number of fused-ring (bicyclic) bond motifs is 2. The summed E-state index contributed by atoms with van der Waals surface area (Å²) in [5, 5.41) is 9.67. The van der Waals surface area contributed by atoms with Crippen molar-refractivity contribution < 1.29 is 31.9 Å². The molecule has 2 heterocycles. The average Bonchev–Trinajstić information content (AvgIpc) is 3.16. The third kappa shape index (κ3) is 8.20. The van der Waals surface area contributed by atoms with Gasteiger partial charge in [-0.05, 0) is 87.1 Å². The summed E-state index contributed by atoms with van der Waals surface area (Å²) in [6.07, 6.45) is 4.56. The number of piperazine rings is 1. The summed E-state index contributed by atoms with van der Waals surface area (Å²) in [5.41, 5.74) is 1.40. The quantitative estimate of drug-likeness (QED) is 0.329. The third-order valence-electron chi connectivity index (χ3n) is 9.78. The molecule has 0 spiro atoms. The van der Waals surface area contributed by atoms with Gasteiger partial charge in [0.2, 0.25) is 15.9 Å². The lowest BCUT2D eigenvalue weighted by atomic mass is 9.72. The highest BCUT2D eigenvalue weighted by molar-refractivity contribution is 7.89. The normalized spacial score (nSPS) is 27.1. The second-order valence-electron chi connectivity index (χ2n) is 12.5. The molecule has 5 atom stereocenters. The fraction of sp³-hybridized carbons (Fsp3) is 0.576. The number of carbonyl (C=O) groups is 2. The molecule has 3 aliphatic rings. The van der Waals surface area contributed by atoms with Gasteiger partial charge in [0.15, 0.2) is 0 Å². The molecule has 3 fully saturated rings. The van der Waals surface area contributed by atoms with E-state index in [9.17, 15) is 18.0 Å². The Morgan fingerprint density at radius 1 is 1.09 bits per heavy atom. The Morgan fingerprint density at radius 3 is 2.52 bits per heavy atom. The van der Waals surface area contributed by atoms with Gasteiger partial charge >= 0.3 is 6.09 Å². The van der Waals surface area contributed by atoms with Crippen molar-refractivity contribution >= 4 is 39.3 Å². The molecule has 1 saturated carbocycles. The summed E-state index contributed by atoms with van der Waals surface area (Å²) in [6, 6.07) is 10.5. The standard InChI is InChI=1S/C33H44ClFN4O6S/c1-44-26-15-10-22(11-16-26)30(21-8-12-23(34)13-9-21)31(38-33(41)45-2)32(40)37-29-7-3-6-28(35)27(29)17-14-25-19-36-24-5-4-18-46(42,43)39(25)20-24/h3,6-9,12-13,22,24-26,30-31,36H,4-5,10-11,14-20H2,1-2H3,(H,37,40)(H,38,41)/t22-,24-,25?,26-,30+,31+/m1/s1. The van der Waals surface area contributed by atoms with Crippen molar-refractivity contribution in [3.05, 3.63) is 64.4 Å². The van der Waals surface area contributed by atoms with Gasteiger partial charge in [0, 0.05) is 54.5 Å². The zero-order valence-corrected chi connectivity index (χ0v) is 27.9. The molecule has 252 valence electrons. The minimum absolute atomic E-state index is 0.0330. The first kappa shape index (κ1) is 34.6. The number of rotatable bonds is 10. The van der Waals surface area contributed by atoms with E-state index in [1.165, 1.54) is 19.2 Å². The number of anilines is 1. The lowest BCUT2D eigenvalue weighted by Gasteiger charge is -2.38. The van der Waals surface area contributed by atoms with Crippen LogP contribution in [0.25, 0.3) is 0 Å². The molecule has 2 bridgehead atoms. The fourth-order valence-corrected chi connectivity index (χ4v) is 9.24. The molecule has 10 nitrogen and oxygen atoms in total. The maximum atomic E-state index is 15.4. The number of halogens is 2. The van der Waals surface area contributed by atoms with Crippen LogP contribution < -0.4 is 16.0 Å². The van der Waals surface area contributed by atoms with Gasteiger partial charge in [-0.3, -0.25) is 4.79 Å². The number of alkyl carbamates (subject to hydrolysis) is 1. The van der Waals surface area contributed by atoms with Crippen molar-refractivity contribution in [2.75, 3.05) is 38.4 Å². The Balaban J connectivity index is 1.40. The second-order valence-corrected chi connectivity index (χ2v) is 15.0. The molecule has 3 N–H and O–H groups in total. The molecule has 0 aromatic heterocycles. The van der Waals surface area contributed by atoms with Gasteiger partial charge in [0.05, 0.1) is 19.0 Å². The Hall–Kier alpha value is -2.77. The van der Waals surface area contributed by atoms with E-state index in [4.69, 9.17) is 21.1 Å². The smallest absolute Gasteiger partial charge is 0.407 e. The monoisotopic (exact) mass is 678 g/mol. The molecule has 2 saturated heterocycles. The maximum absolute atomic E-state index is 15.4. The molecular weight excluding hydrogens is 635 g/mol. The van der Waals surface area contributed by atoms with Crippen molar-refractivity contribution in [2.24, 2.45) is 5.92 Å². The lowest BCUT2D eigenvalue weighted by Crippen LogP contribution is -2.57. The third-order valence-corrected chi connectivity index (χ3v) is 12.0. The van der Waals surface area contributed by atoms with Crippen LogP contribution in [0.3, 0.4) is 0 Å². The molecular formula is C33H44ClFN4O6S. The summed E-state index contributed by atoms with van der Waals surface area (Å²) in [5.74, 6) is -1.29. The SMILES string of the molecule is COC(=O)N[C@H](C(=O)Nc1cccc(F)c1CCC1CN[C@@H]2CCCS(=O)(=O)N1C2)[C@@H](c1ccc(Cl)cc1)[C@H]1CC[C@H](OC)CC1.